The maximum absolute atomic E-state index is 13.2. The summed E-state index contributed by atoms with van der Waals surface area (Å²) in [5.41, 5.74) is 0.658. The molecule has 8 heteroatoms. The Morgan fingerprint density at radius 3 is 2.00 bits per heavy atom. The Morgan fingerprint density at radius 1 is 0.742 bits per heavy atom. The minimum atomic E-state index is -4.33. The minimum Gasteiger partial charge on any atom is -0.289 e. The van der Waals surface area contributed by atoms with Crippen molar-refractivity contribution in [3.05, 3.63) is 112 Å². The Labute approximate surface area is 178 Å². The molecule has 3 aromatic carbocycles. The van der Waals surface area contributed by atoms with Gasteiger partial charge >= 0.3 is 0 Å². The average Bonchev–Trinajstić information content (AvgIpc) is 2.80. The van der Waals surface area contributed by atoms with Crippen LogP contribution in [0.2, 0.25) is 0 Å². The van der Waals surface area contributed by atoms with Crippen molar-refractivity contribution >= 4 is 27.3 Å². The first-order valence-corrected chi connectivity index (χ1v) is 10.9. The van der Waals surface area contributed by atoms with Crippen molar-refractivity contribution in [3.63, 3.8) is 0 Å². The number of allylic oxidation sites excluding steroid dienone is 2. The third-order valence-corrected chi connectivity index (χ3v) is 6.37. The molecule has 0 aliphatic heterocycles. The van der Waals surface area contributed by atoms with E-state index < -0.39 is 21.6 Å². The number of hydrogen-bond acceptors (Lipinski definition) is 5. The second kappa shape index (κ2) is 8.08. The maximum atomic E-state index is 13.2. The summed E-state index contributed by atoms with van der Waals surface area (Å²) < 4.78 is 28.4. The molecule has 0 bridgehead atoms. The zero-order chi connectivity index (χ0) is 22.0. The van der Waals surface area contributed by atoms with E-state index >= 15 is 0 Å². The zero-order valence-corrected chi connectivity index (χ0v) is 17.0. The van der Waals surface area contributed by atoms with Crippen LogP contribution in [0.4, 0.5) is 5.69 Å². The number of nitrogens with one attached hydrogen (secondary N) is 2. The monoisotopic (exact) mass is 433 g/mol. The molecule has 0 aromatic heterocycles. The molecule has 31 heavy (non-hydrogen) atoms. The van der Waals surface area contributed by atoms with Crippen LogP contribution >= 0.6 is 0 Å². The topological polar surface area (TPSA) is 111 Å². The molecule has 0 saturated carbocycles. The smallest absolute Gasteiger partial charge is 0.273 e. The van der Waals surface area contributed by atoms with Crippen LogP contribution in [0.15, 0.2) is 95.0 Å². The van der Waals surface area contributed by atoms with Crippen molar-refractivity contribution in [2.45, 2.75) is 11.3 Å². The van der Waals surface area contributed by atoms with Gasteiger partial charge in [0.1, 0.15) is 5.70 Å². The number of para-hydroxylation sites is 1. The Hall–Kier alpha value is -3.91. The van der Waals surface area contributed by atoms with Crippen molar-refractivity contribution in [1.82, 2.24) is 4.72 Å². The van der Waals surface area contributed by atoms with Crippen LogP contribution in [-0.4, -0.2) is 20.0 Å². The molecule has 0 fully saturated rings. The highest BCUT2D eigenvalue weighted by Crippen LogP contribution is 2.29. The minimum absolute atomic E-state index is 0.0473. The Bertz CT molecular complexity index is 1350. The van der Waals surface area contributed by atoms with E-state index in [1.165, 1.54) is 30.3 Å². The summed E-state index contributed by atoms with van der Waals surface area (Å²) in [6, 6.07) is 20.8. The van der Waals surface area contributed by atoms with Crippen LogP contribution in [0.25, 0.3) is 0 Å². The fourth-order valence-electron chi connectivity index (χ4n) is 3.48. The molecule has 0 unspecified atom stereocenters. The van der Waals surface area contributed by atoms with Gasteiger partial charge in [-0.25, -0.2) is 8.42 Å². The summed E-state index contributed by atoms with van der Waals surface area (Å²) >= 11 is 0. The molecule has 7 nitrogen and oxygen atoms in total. The first-order valence-electron chi connectivity index (χ1n) is 9.38. The number of hydrogen-bond donors (Lipinski definition) is 2. The third kappa shape index (κ3) is 3.80. The summed E-state index contributed by atoms with van der Waals surface area (Å²) in [6.45, 7) is 0. The Kier molecular flexibility index (Phi) is 5.31. The quantitative estimate of drug-likeness (QED) is 0.618. The molecule has 154 valence electrons. The molecule has 4 rings (SSSR count). The lowest BCUT2D eigenvalue weighted by molar-refractivity contribution is -0.382. The second-order valence-corrected chi connectivity index (χ2v) is 8.57. The van der Waals surface area contributed by atoms with Crippen LogP contribution in [0.3, 0.4) is 0 Å². The number of benzene rings is 3. The summed E-state index contributed by atoms with van der Waals surface area (Å²) in [5.74, 6) is -1.02. The third-order valence-electron chi connectivity index (χ3n) is 4.97. The molecule has 1 aliphatic rings. The van der Waals surface area contributed by atoms with Gasteiger partial charge in [-0.1, -0.05) is 66.7 Å². The van der Waals surface area contributed by atoms with Crippen molar-refractivity contribution in [2.75, 3.05) is 0 Å². The molecule has 0 amide bonds. The summed E-state index contributed by atoms with van der Waals surface area (Å²) in [6.07, 6.45) is 0.0685. The van der Waals surface area contributed by atoms with Gasteiger partial charge in [0, 0.05) is 39.3 Å². The van der Waals surface area contributed by atoms with Crippen LogP contribution in [0.5, 0.6) is 0 Å². The maximum Gasteiger partial charge on any atom is 0.273 e. The summed E-state index contributed by atoms with van der Waals surface area (Å²) in [4.78, 5) is 37.3. The number of rotatable bonds is 6. The number of Topliss-reactive ketones (excluding diaryl/α,β-unsaturated/α-hetero) is 2. The summed E-state index contributed by atoms with van der Waals surface area (Å²) in [5, 5.41) is 1.59. The van der Waals surface area contributed by atoms with Crippen LogP contribution in [0, 0.1) is 4.91 Å². The van der Waals surface area contributed by atoms with E-state index in [2.05, 4.69) is 4.72 Å². The molecule has 0 atom stereocenters. The van der Waals surface area contributed by atoms with E-state index in [-0.39, 0.29) is 39.4 Å². The molecule has 1 aliphatic carbocycles. The van der Waals surface area contributed by atoms with Crippen molar-refractivity contribution in [3.8, 4) is 0 Å². The number of carbonyl (C=O) groups is 2. The number of nitroso groups, excluding NO2 is 1. The van der Waals surface area contributed by atoms with Crippen molar-refractivity contribution < 1.29 is 23.2 Å². The van der Waals surface area contributed by atoms with Gasteiger partial charge in [0.15, 0.2) is 10.7 Å². The SMILES string of the molecule is O=[NH+]c1ccccc1S(=O)(=O)NC1=C(Cc2ccccc2)C(=O)c2ccccc2C1=O. The molecule has 0 saturated heterocycles. The van der Waals surface area contributed by atoms with Gasteiger partial charge in [0.05, 0.1) is 0 Å². The first-order chi connectivity index (χ1) is 14.9. The van der Waals surface area contributed by atoms with E-state index in [1.54, 1.807) is 47.6 Å². The van der Waals surface area contributed by atoms with Gasteiger partial charge in [-0.3, -0.25) is 14.3 Å². The lowest BCUT2D eigenvalue weighted by Crippen LogP contribution is -2.56. The standard InChI is InChI=1S/C23H16N2O5S/c26-22-16-10-4-5-11-17(16)23(27)21(18(22)14-15-8-2-1-3-9-15)25-31(29,30)20-13-7-6-12-19(20)24-28/h1-13,25H,14H2/p+1. The summed E-state index contributed by atoms with van der Waals surface area (Å²) in [7, 11) is -4.33. The lowest BCUT2D eigenvalue weighted by Gasteiger charge is -2.22. The number of sulfonamides is 1. The zero-order valence-electron chi connectivity index (χ0n) is 16.2. The van der Waals surface area contributed by atoms with E-state index in [0.29, 0.717) is 0 Å². The predicted molar refractivity (Wildman–Crippen MR) is 113 cm³/mol. The molecular formula is C23H17N2O5S+. The highest BCUT2D eigenvalue weighted by atomic mass is 32.2. The van der Waals surface area contributed by atoms with Crippen LogP contribution < -0.4 is 9.90 Å². The van der Waals surface area contributed by atoms with E-state index in [9.17, 15) is 22.9 Å². The lowest BCUT2D eigenvalue weighted by atomic mass is 9.85. The van der Waals surface area contributed by atoms with Crippen molar-refractivity contribution in [2.24, 2.45) is 0 Å². The fraction of sp³-hybridized carbons (Fsp3) is 0.0435. The number of fused-ring (bicyclic) bond motifs is 1. The van der Waals surface area contributed by atoms with Gasteiger partial charge < -0.3 is 0 Å². The Balaban J connectivity index is 1.86. The number of ketones is 2. The van der Waals surface area contributed by atoms with Crippen molar-refractivity contribution in [1.29, 1.82) is 0 Å². The molecule has 0 radical (unpaired) electrons. The van der Waals surface area contributed by atoms with Gasteiger partial charge in [-0.15, -0.1) is 0 Å². The molecule has 0 heterocycles. The molecule has 0 spiro atoms. The van der Waals surface area contributed by atoms with E-state index in [1.807, 2.05) is 6.07 Å². The fourth-order valence-corrected chi connectivity index (χ4v) is 4.73. The largest absolute Gasteiger partial charge is 0.289 e. The molecule has 2 N–H and O–H groups in total. The Morgan fingerprint density at radius 2 is 1.32 bits per heavy atom. The van der Waals surface area contributed by atoms with Gasteiger partial charge in [0.25, 0.3) is 15.7 Å². The van der Waals surface area contributed by atoms with E-state index in [0.717, 1.165) is 5.56 Å². The van der Waals surface area contributed by atoms with Gasteiger partial charge in [-0.2, -0.15) is 0 Å². The first kappa shape index (κ1) is 20.4. The molecular weight excluding hydrogens is 416 g/mol. The highest BCUT2D eigenvalue weighted by Gasteiger charge is 2.35. The van der Waals surface area contributed by atoms with E-state index in [4.69, 9.17) is 0 Å². The van der Waals surface area contributed by atoms with Gasteiger partial charge in [0.2, 0.25) is 5.78 Å². The highest BCUT2D eigenvalue weighted by molar-refractivity contribution is 7.89. The van der Waals surface area contributed by atoms with Crippen LogP contribution in [-0.2, 0) is 16.4 Å². The van der Waals surface area contributed by atoms with Gasteiger partial charge in [-0.05, 0) is 11.6 Å². The normalized spacial score (nSPS) is 13.7. The van der Waals surface area contributed by atoms with Crippen LogP contribution in [0.1, 0.15) is 26.3 Å². The average molecular weight is 433 g/mol. The second-order valence-electron chi connectivity index (χ2n) is 6.92. The number of carbonyl (C=O) groups excluding carboxylic acids is 2. The molecule has 3 aromatic rings. The predicted octanol–water partition coefficient (Wildman–Crippen LogP) is 2.02.